The minimum Gasteiger partial charge on any atom is -0.494 e. The Morgan fingerprint density at radius 2 is 2.00 bits per heavy atom. The zero-order valence-electron chi connectivity index (χ0n) is 12.7. The maximum Gasteiger partial charge on any atom is 0.257 e. The van der Waals surface area contributed by atoms with Gasteiger partial charge in [0.05, 0.1) is 18.4 Å². The summed E-state index contributed by atoms with van der Waals surface area (Å²) in [5, 5.41) is 0. The molecule has 0 bridgehead atoms. The quantitative estimate of drug-likeness (QED) is 0.870. The zero-order valence-corrected chi connectivity index (χ0v) is 12.7. The third-order valence-corrected chi connectivity index (χ3v) is 4.98. The van der Waals surface area contributed by atoms with Crippen LogP contribution in [0, 0.1) is 5.92 Å². The van der Waals surface area contributed by atoms with Crippen LogP contribution in [0.4, 0.5) is 5.69 Å². The van der Waals surface area contributed by atoms with Gasteiger partial charge in [0.2, 0.25) is 0 Å². The molecule has 1 amide bonds. The Labute approximate surface area is 126 Å². The highest BCUT2D eigenvalue weighted by Crippen LogP contribution is 2.37. The molecule has 1 aromatic carbocycles. The minimum atomic E-state index is 0.0774. The van der Waals surface area contributed by atoms with Crippen LogP contribution in [0.1, 0.15) is 48.9 Å². The lowest BCUT2D eigenvalue weighted by atomic mass is 9.95. The van der Waals surface area contributed by atoms with Gasteiger partial charge < -0.3 is 15.4 Å². The van der Waals surface area contributed by atoms with Crippen LogP contribution in [0.15, 0.2) is 18.2 Å². The molecule has 1 aliphatic heterocycles. The summed E-state index contributed by atoms with van der Waals surface area (Å²) in [4.78, 5) is 15.0. The van der Waals surface area contributed by atoms with Gasteiger partial charge in [0.1, 0.15) is 0 Å². The topological polar surface area (TPSA) is 55.6 Å². The predicted molar refractivity (Wildman–Crippen MR) is 83.4 cm³/mol. The number of para-hydroxylation sites is 1. The maximum atomic E-state index is 12.9. The Bertz CT molecular complexity index is 524. The van der Waals surface area contributed by atoms with Crippen molar-refractivity contribution in [2.45, 2.75) is 44.6 Å². The van der Waals surface area contributed by atoms with E-state index in [-0.39, 0.29) is 5.91 Å². The average molecular weight is 288 g/mol. The number of carbonyl (C=O) groups excluding carboxylic acids is 1. The Balaban J connectivity index is 1.85. The average Bonchev–Trinajstić information content (AvgIpc) is 3.16. The van der Waals surface area contributed by atoms with E-state index >= 15 is 0 Å². The second kappa shape index (κ2) is 5.96. The Morgan fingerprint density at radius 1 is 1.24 bits per heavy atom. The number of ether oxygens (including phenoxy) is 1. The van der Waals surface area contributed by atoms with E-state index in [4.69, 9.17) is 10.5 Å². The van der Waals surface area contributed by atoms with Crippen LogP contribution in [0.2, 0.25) is 0 Å². The summed E-state index contributed by atoms with van der Waals surface area (Å²) < 4.78 is 5.35. The van der Waals surface area contributed by atoms with Gasteiger partial charge in [0.15, 0.2) is 5.75 Å². The third kappa shape index (κ3) is 2.59. The summed E-state index contributed by atoms with van der Waals surface area (Å²) in [5.74, 6) is 1.27. The molecule has 1 aliphatic carbocycles. The molecule has 3 rings (SSSR count). The first kappa shape index (κ1) is 14.2. The molecule has 1 saturated heterocycles. The van der Waals surface area contributed by atoms with E-state index in [9.17, 15) is 4.79 Å². The van der Waals surface area contributed by atoms with Crippen LogP contribution in [-0.2, 0) is 0 Å². The second-order valence-corrected chi connectivity index (χ2v) is 6.18. The van der Waals surface area contributed by atoms with Crippen molar-refractivity contribution < 1.29 is 9.53 Å². The number of anilines is 1. The van der Waals surface area contributed by atoms with Crippen LogP contribution in [0.3, 0.4) is 0 Å². The van der Waals surface area contributed by atoms with Gasteiger partial charge in [-0.2, -0.15) is 0 Å². The Morgan fingerprint density at radius 3 is 2.71 bits per heavy atom. The van der Waals surface area contributed by atoms with E-state index in [1.165, 1.54) is 25.7 Å². The van der Waals surface area contributed by atoms with Crippen LogP contribution < -0.4 is 10.5 Å². The summed E-state index contributed by atoms with van der Waals surface area (Å²) >= 11 is 0. The van der Waals surface area contributed by atoms with E-state index in [1.54, 1.807) is 13.2 Å². The summed E-state index contributed by atoms with van der Waals surface area (Å²) in [6.07, 6.45) is 7.40. The van der Waals surface area contributed by atoms with Crippen LogP contribution in [0.5, 0.6) is 5.75 Å². The molecule has 1 saturated carbocycles. The molecule has 4 nitrogen and oxygen atoms in total. The van der Waals surface area contributed by atoms with Gasteiger partial charge in [-0.3, -0.25) is 4.79 Å². The molecule has 1 heterocycles. The highest BCUT2D eigenvalue weighted by Gasteiger charge is 2.37. The molecule has 1 aromatic rings. The summed E-state index contributed by atoms with van der Waals surface area (Å²) in [7, 11) is 1.57. The summed E-state index contributed by atoms with van der Waals surface area (Å²) in [6, 6.07) is 5.83. The van der Waals surface area contributed by atoms with Crippen LogP contribution in [0.25, 0.3) is 0 Å². The van der Waals surface area contributed by atoms with E-state index < -0.39 is 0 Å². The van der Waals surface area contributed by atoms with E-state index in [0.29, 0.717) is 29.0 Å². The molecule has 0 spiro atoms. The smallest absolute Gasteiger partial charge is 0.257 e. The first-order valence-corrected chi connectivity index (χ1v) is 7.96. The van der Waals surface area contributed by atoms with Crippen molar-refractivity contribution in [1.29, 1.82) is 0 Å². The molecule has 2 aliphatic rings. The number of hydrogen-bond acceptors (Lipinski definition) is 3. The fourth-order valence-electron chi connectivity index (χ4n) is 3.98. The van der Waals surface area contributed by atoms with Gasteiger partial charge >= 0.3 is 0 Å². The van der Waals surface area contributed by atoms with Gasteiger partial charge in [-0.25, -0.2) is 0 Å². The number of methoxy groups -OCH3 is 1. The fourth-order valence-corrected chi connectivity index (χ4v) is 3.98. The van der Waals surface area contributed by atoms with Gasteiger partial charge in [-0.1, -0.05) is 18.9 Å². The summed E-state index contributed by atoms with van der Waals surface area (Å²) in [5.41, 5.74) is 7.06. The molecule has 4 heteroatoms. The van der Waals surface area contributed by atoms with Gasteiger partial charge in [-0.05, 0) is 43.7 Å². The fraction of sp³-hybridized carbons (Fsp3) is 0.588. The number of nitrogens with two attached hydrogens (primary N) is 1. The van der Waals surface area contributed by atoms with Crippen molar-refractivity contribution in [3.05, 3.63) is 23.8 Å². The summed E-state index contributed by atoms with van der Waals surface area (Å²) in [6.45, 7) is 0.859. The van der Waals surface area contributed by atoms with E-state index in [1.807, 2.05) is 12.1 Å². The molecule has 2 fully saturated rings. The molecule has 2 N–H and O–H groups in total. The van der Waals surface area contributed by atoms with Crippen molar-refractivity contribution in [1.82, 2.24) is 4.90 Å². The first-order valence-electron chi connectivity index (χ1n) is 7.96. The first-order chi connectivity index (χ1) is 10.2. The maximum absolute atomic E-state index is 12.9. The number of amides is 1. The standard InChI is InChI=1S/C17H24N2O2/c1-21-16-13(8-4-9-14(16)18)17(20)19-11-5-10-15(19)12-6-2-3-7-12/h4,8-9,12,15H,2-3,5-7,10-11,18H2,1H3. The highest BCUT2D eigenvalue weighted by atomic mass is 16.5. The number of carbonyl (C=O) groups is 1. The molecular formula is C17H24N2O2. The Hall–Kier alpha value is -1.71. The number of likely N-dealkylation sites (tertiary alicyclic amines) is 1. The lowest BCUT2D eigenvalue weighted by Gasteiger charge is -2.30. The van der Waals surface area contributed by atoms with E-state index in [0.717, 1.165) is 19.4 Å². The third-order valence-electron chi connectivity index (χ3n) is 4.98. The number of hydrogen-bond donors (Lipinski definition) is 1. The largest absolute Gasteiger partial charge is 0.494 e. The van der Waals surface area contributed by atoms with Crippen molar-refractivity contribution in [3.63, 3.8) is 0 Å². The van der Waals surface area contributed by atoms with E-state index in [2.05, 4.69) is 4.90 Å². The van der Waals surface area contributed by atoms with Crippen LogP contribution >= 0.6 is 0 Å². The molecule has 0 aromatic heterocycles. The van der Waals surface area contributed by atoms with Crippen LogP contribution in [-0.4, -0.2) is 30.5 Å². The minimum absolute atomic E-state index is 0.0774. The zero-order chi connectivity index (χ0) is 14.8. The van der Waals surface area contributed by atoms with Gasteiger partial charge in [-0.15, -0.1) is 0 Å². The second-order valence-electron chi connectivity index (χ2n) is 6.18. The van der Waals surface area contributed by atoms with Crippen molar-refractivity contribution in [2.24, 2.45) is 5.92 Å². The Kier molecular flexibility index (Phi) is 4.04. The number of rotatable bonds is 3. The molecule has 21 heavy (non-hydrogen) atoms. The molecule has 1 unspecified atom stereocenters. The lowest BCUT2D eigenvalue weighted by Crippen LogP contribution is -2.39. The van der Waals surface area contributed by atoms with Gasteiger partial charge in [0.25, 0.3) is 5.91 Å². The number of benzene rings is 1. The molecule has 1 atom stereocenters. The highest BCUT2D eigenvalue weighted by molar-refractivity contribution is 5.99. The van der Waals surface area contributed by atoms with Crippen molar-refractivity contribution >= 4 is 11.6 Å². The SMILES string of the molecule is COc1c(N)cccc1C(=O)N1CCCC1C1CCCC1. The molecule has 0 radical (unpaired) electrons. The van der Waals surface area contributed by atoms with Crippen molar-refractivity contribution in [3.8, 4) is 5.75 Å². The molecular weight excluding hydrogens is 264 g/mol. The normalized spacial score (nSPS) is 22.7. The number of nitrogens with zero attached hydrogens (tertiary/aromatic N) is 1. The lowest BCUT2D eigenvalue weighted by molar-refractivity contribution is 0.0686. The number of nitrogen functional groups attached to an aromatic ring is 1. The van der Waals surface area contributed by atoms with Gasteiger partial charge in [0, 0.05) is 12.6 Å². The molecule has 114 valence electrons. The van der Waals surface area contributed by atoms with Crippen molar-refractivity contribution in [2.75, 3.05) is 19.4 Å². The predicted octanol–water partition coefficient (Wildman–Crippen LogP) is 3.07. The monoisotopic (exact) mass is 288 g/mol.